The van der Waals surface area contributed by atoms with Gasteiger partial charge in [0.15, 0.2) is 0 Å². The van der Waals surface area contributed by atoms with Crippen molar-refractivity contribution in [3.05, 3.63) is 22.9 Å². The maximum absolute atomic E-state index is 12.7. The number of alkyl halides is 2. The molecule has 1 rings (SSSR count). The lowest BCUT2D eigenvalue weighted by atomic mass is 10.1. The van der Waals surface area contributed by atoms with Crippen molar-refractivity contribution in [3.8, 4) is 0 Å². The minimum Gasteiger partial charge on any atom is -0.465 e. The Balaban J connectivity index is 3.40. The Bertz CT molecular complexity index is 394. The van der Waals surface area contributed by atoms with Gasteiger partial charge in [-0.1, -0.05) is 0 Å². The Labute approximate surface area is 85.1 Å². The Morgan fingerprint density at radius 2 is 2.20 bits per heavy atom. The zero-order chi connectivity index (χ0) is 11.6. The number of anilines is 1. The molecule has 2 N–H and O–H groups in total. The quantitative estimate of drug-likeness (QED) is 0.764. The highest BCUT2D eigenvalue weighted by Crippen LogP contribution is 2.28. The van der Waals surface area contributed by atoms with Gasteiger partial charge < -0.3 is 10.5 Å². The molecule has 0 aliphatic rings. The third-order valence-corrected chi connectivity index (χ3v) is 2.03. The highest BCUT2D eigenvalue weighted by Gasteiger charge is 2.23. The number of halogens is 2. The number of nitrogen functional groups attached to an aromatic ring is 1. The Morgan fingerprint density at radius 1 is 1.60 bits per heavy atom. The molecule has 0 atom stereocenters. The van der Waals surface area contributed by atoms with Gasteiger partial charge in [-0.25, -0.2) is 18.6 Å². The number of nitrogens with two attached hydrogens (primary N) is 1. The van der Waals surface area contributed by atoms with Crippen molar-refractivity contribution in [3.63, 3.8) is 0 Å². The molecule has 0 radical (unpaired) electrons. The molecule has 0 fully saturated rings. The van der Waals surface area contributed by atoms with Crippen LogP contribution in [0.3, 0.4) is 0 Å². The minimum absolute atomic E-state index is 0.0158. The molecule has 15 heavy (non-hydrogen) atoms. The molecule has 1 aromatic heterocycles. The van der Waals surface area contributed by atoms with Gasteiger partial charge in [-0.3, -0.25) is 0 Å². The van der Waals surface area contributed by atoms with E-state index >= 15 is 0 Å². The van der Waals surface area contributed by atoms with E-state index in [1.807, 2.05) is 0 Å². The van der Waals surface area contributed by atoms with Crippen molar-refractivity contribution in [2.24, 2.45) is 0 Å². The summed E-state index contributed by atoms with van der Waals surface area (Å²) in [6, 6.07) is 0. The van der Waals surface area contributed by atoms with Gasteiger partial charge in [0.05, 0.1) is 12.7 Å². The third-order valence-electron chi connectivity index (χ3n) is 2.03. The molecule has 0 amide bonds. The molecule has 0 aliphatic carbocycles. The van der Waals surface area contributed by atoms with E-state index in [4.69, 9.17) is 5.73 Å². The fraction of sp³-hybridized carbons (Fsp3) is 0.333. The first kappa shape index (κ1) is 11.4. The second-order valence-corrected chi connectivity index (χ2v) is 2.89. The summed E-state index contributed by atoms with van der Waals surface area (Å²) in [5, 5.41) is 0. The zero-order valence-electron chi connectivity index (χ0n) is 8.25. The van der Waals surface area contributed by atoms with Crippen LogP contribution in [0.4, 0.5) is 14.6 Å². The van der Waals surface area contributed by atoms with Crippen LogP contribution in [0.5, 0.6) is 0 Å². The fourth-order valence-corrected chi connectivity index (χ4v) is 1.19. The maximum atomic E-state index is 12.7. The van der Waals surface area contributed by atoms with Crippen LogP contribution in [0.25, 0.3) is 0 Å². The van der Waals surface area contributed by atoms with E-state index in [1.165, 1.54) is 6.92 Å². The second-order valence-electron chi connectivity index (χ2n) is 2.89. The van der Waals surface area contributed by atoms with E-state index in [1.54, 1.807) is 0 Å². The number of rotatable bonds is 2. The van der Waals surface area contributed by atoms with Gasteiger partial charge in [0.2, 0.25) is 0 Å². The number of nitrogens with zero attached hydrogens (tertiary/aromatic N) is 1. The van der Waals surface area contributed by atoms with Crippen molar-refractivity contribution in [2.75, 3.05) is 12.8 Å². The number of ether oxygens (including phenoxy) is 1. The van der Waals surface area contributed by atoms with Crippen LogP contribution in [0.2, 0.25) is 0 Å². The molecule has 0 aromatic carbocycles. The Morgan fingerprint density at radius 3 is 2.67 bits per heavy atom. The zero-order valence-corrected chi connectivity index (χ0v) is 8.25. The summed E-state index contributed by atoms with van der Waals surface area (Å²) >= 11 is 0. The lowest BCUT2D eigenvalue weighted by molar-refractivity contribution is 0.0588. The minimum atomic E-state index is -2.79. The average molecular weight is 216 g/mol. The summed E-state index contributed by atoms with van der Waals surface area (Å²) in [7, 11) is 1.11. The van der Waals surface area contributed by atoms with Gasteiger partial charge >= 0.3 is 5.97 Å². The normalized spacial score (nSPS) is 10.5. The van der Waals surface area contributed by atoms with Crippen molar-refractivity contribution < 1.29 is 18.3 Å². The van der Waals surface area contributed by atoms with E-state index in [0.717, 1.165) is 13.3 Å². The van der Waals surface area contributed by atoms with Gasteiger partial charge in [-0.05, 0) is 6.92 Å². The van der Waals surface area contributed by atoms with Crippen LogP contribution in [0, 0.1) is 6.92 Å². The van der Waals surface area contributed by atoms with Crippen LogP contribution in [-0.4, -0.2) is 18.1 Å². The topological polar surface area (TPSA) is 65.2 Å². The summed E-state index contributed by atoms with van der Waals surface area (Å²) in [5.41, 5.74) is 4.80. The molecule has 1 heterocycles. The number of esters is 1. The third kappa shape index (κ3) is 2.03. The Hall–Kier alpha value is -1.72. The van der Waals surface area contributed by atoms with Gasteiger partial charge in [0, 0.05) is 17.3 Å². The van der Waals surface area contributed by atoms with Crippen LogP contribution in [-0.2, 0) is 4.74 Å². The summed E-state index contributed by atoms with van der Waals surface area (Å²) in [6.07, 6.45) is -1.79. The lowest BCUT2D eigenvalue weighted by Crippen LogP contribution is -2.10. The molecule has 0 unspecified atom stereocenters. The summed E-state index contributed by atoms with van der Waals surface area (Å²) in [5.74, 6) is -0.862. The van der Waals surface area contributed by atoms with E-state index in [0.29, 0.717) is 0 Å². The van der Waals surface area contributed by atoms with Crippen LogP contribution in [0.15, 0.2) is 6.20 Å². The number of hydrogen-bond donors (Lipinski definition) is 1. The average Bonchev–Trinajstić information content (AvgIpc) is 2.20. The predicted octanol–water partition coefficient (Wildman–Crippen LogP) is 1.70. The molecule has 4 nitrogen and oxygen atoms in total. The van der Waals surface area contributed by atoms with Crippen LogP contribution >= 0.6 is 0 Å². The van der Waals surface area contributed by atoms with Crippen molar-refractivity contribution in [1.29, 1.82) is 0 Å². The molecular weight excluding hydrogens is 206 g/mol. The SMILES string of the molecule is COC(=O)c1cnc(N)c(C)c1C(F)F. The van der Waals surface area contributed by atoms with Gasteiger partial charge in [-0.2, -0.15) is 0 Å². The van der Waals surface area contributed by atoms with E-state index in [9.17, 15) is 13.6 Å². The first-order valence-corrected chi connectivity index (χ1v) is 4.10. The number of carbonyl (C=O) groups is 1. The first-order valence-electron chi connectivity index (χ1n) is 4.10. The number of carbonyl (C=O) groups excluding carboxylic acids is 1. The summed E-state index contributed by atoms with van der Waals surface area (Å²) < 4.78 is 29.7. The largest absolute Gasteiger partial charge is 0.465 e. The number of aromatic nitrogens is 1. The monoisotopic (exact) mass is 216 g/mol. The van der Waals surface area contributed by atoms with Crippen molar-refractivity contribution in [2.45, 2.75) is 13.3 Å². The molecule has 0 aliphatic heterocycles. The van der Waals surface area contributed by atoms with E-state index in [-0.39, 0.29) is 16.9 Å². The van der Waals surface area contributed by atoms with Crippen molar-refractivity contribution >= 4 is 11.8 Å². The highest BCUT2D eigenvalue weighted by atomic mass is 19.3. The number of pyridine rings is 1. The molecule has 0 bridgehead atoms. The fourth-order valence-electron chi connectivity index (χ4n) is 1.19. The smallest absolute Gasteiger partial charge is 0.339 e. The molecule has 0 spiro atoms. The standard InChI is InChI=1S/C9H10F2N2O2/c1-4-6(7(10)11)5(9(14)15-2)3-13-8(4)12/h3,7H,1-2H3,(H2,12,13). The summed E-state index contributed by atoms with van der Waals surface area (Å²) in [4.78, 5) is 14.8. The van der Waals surface area contributed by atoms with Gasteiger partial charge in [-0.15, -0.1) is 0 Å². The molecule has 82 valence electrons. The van der Waals surface area contributed by atoms with E-state index < -0.39 is 18.0 Å². The first-order chi connectivity index (χ1) is 6.99. The maximum Gasteiger partial charge on any atom is 0.339 e. The Kier molecular flexibility index (Phi) is 3.18. The molecular formula is C9H10F2N2O2. The predicted molar refractivity (Wildman–Crippen MR) is 49.7 cm³/mol. The van der Waals surface area contributed by atoms with Gasteiger partial charge in [0.1, 0.15) is 5.82 Å². The molecule has 1 aromatic rings. The second kappa shape index (κ2) is 4.20. The number of hydrogen-bond acceptors (Lipinski definition) is 4. The lowest BCUT2D eigenvalue weighted by Gasteiger charge is -2.11. The highest BCUT2D eigenvalue weighted by molar-refractivity contribution is 5.91. The van der Waals surface area contributed by atoms with Crippen LogP contribution < -0.4 is 5.73 Å². The molecule has 6 heteroatoms. The van der Waals surface area contributed by atoms with E-state index in [2.05, 4.69) is 9.72 Å². The van der Waals surface area contributed by atoms with Crippen LogP contribution in [0.1, 0.15) is 27.9 Å². The molecule has 0 saturated heterocycles. The summed E-state index contributed by atoms with van der Waals surface area (Å²) in [6.45, 7) is 1.39. The number of methoxy groups -OCH3 is 1. The molecule has 0 saturated carbocycles. The van der Waals surface area contributed by atoms with Gasteiger partial charge in [0.25, 0.3) is 6.43 Å². The van der Waals surface area contributed by atoms with Crippen molar-refractivity contribution in [1.82, 2.24) is 4.98 Å².